The highest BCUT2D eigenvalue weighted by atomic mass is 32.2. The molecule has 0 aromatic rings. The molecular formula is C8H18N2O3S2. The summed E-state index contributed by atoms with van der Waals surface area (Å²) in [6, 6.07) is -0.263. The fraction of sp³-hybridized carbons (Fsp3) is 1.00. The first-order valence-corrected chi connectivity index (χ1v) is 8.21. The Bertz CT molecular complexity index is 323. The second kappa shape index (κ2) is 5.38. The molecule has 5 nitrogen and oxygen atoms in total. The summed E-state index contributed by atoms with van der Waals surface area (Å²) in [5.74, 6) is 0.360. The van der Waals surface area contributed by atoms with Gasteiger partial charge >= 0.3 is 0 Å². The van der Waals surface area contributed by atoms with Crippen molar-refractivity contribution in [2.24, 2.45) is 0 Å². The van der Waals surface area contributed by atoms with Crippen molar-refractivity contribution in [2.75, 3.05) is 25.1 Å². The Balaban J connectivity index is 2.51. The third-order valence-corrected chi connectivity index (χ3v) is 5.28. The van der Waals surface area contributed by atoms with E-state index >= 15 is 0 Å². The molecule has 2 N–H and O–H groups in total. The summed E-state index contributed by atoms with van der Waals surface area (Å²) >= 11 is 0. The van der Waals surface area contributed by atoms with Crippen LogP contribution < -0.4 is 10.0 Å². The first kappa shape index (κ1) is 13.1. The Morgan fingerprint density at radius 3 is 2.73 bits per heavy atom. The first-order chi connectivity index (χ1) is 6.92. The van der Waals surface area contributed by atoms with Crippen molar-refractivity contribution in [3.8, 4) is 0 Å². The second-order valence-electron chi connectivity index (χ2n) is 3.92. The predicted molar refractivity (Wildman–Crippen MR) is 61.7 cm³/mol. The number of sulfonamides is 1. The zero-order chi connectivity index (χ0) is 11.5. The van der Waals surface area contributed by atoms with Crippen LogP contribution in [0, 0.1) is 0 Å². The number of nitrogens with one attached hydrogen (secondary N) is 2. The molecule has 3 unspecified atom stereocenters. The Morgan fingerprint density at radius 1 is 1.60 bits per heavy atom. The fourth-order valence-electron chi connectivity index (χ4n) is 1.66. The summed E-state index contributed by atoms with van der Waals surface area (Å²) in [6.07, 6.45) is 2.22. The Hall–Kier alpha value is 0.0200. The van der Waals surface area contributed by atoms with Crippen molar-refractivity contribution in [2.45, 2.75) is 24.6 Å². The fourth-order valence-corrected chi connectivity index (χ4v) is 4.15. The van der Waals surface area contributed by atoms with Crippen molar-refractivity contribution in [3.05, 3.63) is 0 Å². The molecule has 90 valence electrons. The smallest absolute Gasteiger partial charge is 0.216 e. The Morgan fingerprint density at radius 2 is 2.27 bits per heavy atom. The van der Waals surface area contributed by atoms with E-state index in [0.717, 1.165) is 6.54 Å². The lowest BCUT2D eigenvalue weighted by molar-refractivity contribution is 0.557. The molecule has 0 aliphatic carbocycles. The molecule has 0 aromatic carbocycles. The maximum absolute atomic E-state index is 11.8. The van der Waals surface area contributed by atoms with Gasteiger partial charge < -0.3 is 5.32 Å². The number of hydrogen-bond donors (Lipinski definition) is 2. The highest BCUT2D eigenvalue weighted by Gasteiger charge is 2.29. The molecule has 15 heavy (non-hydrogen) atoms. The van der Waals surface area contributed by atoms with Crippen LogP contribution in [0.5, 0.6) is 0 Å². The van der Waals surface area contributed by atoms with Gasteiger partial charge in [0, 0.05) is 35.4 Å². The standard InChI is InChI=1S/C8H18N2O3S2/c1-7(6-14(2)11)10-15(12,13)8-3-4-9-5-8/h7-10H,3-6H2,1-2H3. The van der Waals surface area contributed by atoms with E-state index in [1.165, 1.54) is 0 Å². The molecule has 0 saturated carbocycles. The van der Waals surface area contributed by atoms with Crippen LogP contribution in [-0.4, -0.2) is 49.0 Å². The summed E-state index contributed by atoms with van der Waals surface area (Å²) in [6.45, 7) is 3.00. The first-order valence-electron chi connectivity index (χ1n) is 4.93. The van der Waals surface area contributed by atoms with Gasteiger partial charge in [-0.3, -0.25) is 4.21 Å². The van der Waals surface area contributed by atoms with Gasteiger partial charge in [0.05, 0.1) is 5.25 Å². The molecule has 3 atom stereocenters. The molecule has 0 bridgehead atoms. The molecule has 7 heteroatoms. The highest BCUT2D eigenvalue weighted by Crippen LogP contribution is 2.09. The minimum absolute atomic E-state index is 0.263. The van der Waals surface area contributed by atoms with E-state index in [4.69, 9.17) is 0 Å². The molecule has 1 aliphatic heterocycles. The third-order valence-electron chi connectivity index (χ3n) is 2.30. The summed E-state index contributed by atoms with van der Waals surface area (Å²) in [7, 11) is -4.23. The largest absolute Gasteiger partial charge is 0.315 e. The molecule has 1 rings (SSSR count). The summed E-state index contributed by atoms with van der Waals surface area (Å²) in [5, 5.41) is 2.67. The average Bonchev–Trinajstić information content (AvgIpc) is 2.51. The van der Waals surface area contributed by atoms with Gasteiger partial charge in [-0.05, 0) is 19.9 Å². The van der Waals surface area contributed by atoms with Crippen molar-refractivity contribution in [1.29, 1.82) is 0 Å². The third kappa shape index (κ3) is 4.18. The van der Waals surface area contributed by atoms with E-state index in [-0.39, 0.29) is 11.3 Å². The Kier molecular flexibility index (Phi) is 4.69. The quantitative estimate of drug-likeness (QED) is 0.662. The zero-order valence-corrected chi connectivity index (χ0v) is 10.7. The van der Waals surface area contributed by atoms with Crippen molar-refractivity contribution >= 4 is 20.8 Å². The number of rotatable bonds is 5. The van der Waals surface area contributed by atoms with E-state index in [9.17, 15) is 12.6 Å². The second-order valence-corrected chi connectivity index (χ2v) is 7.39. The molecule has 0 amide bonds. The topological polar surface area (TPSA) is 75.3 Å². The lowest BCUT2D eigenvalue weighted by Gasteiger charge is -2.16. The van der Waals surface area contributed by atoms with Crippen LogP contribution in [0.15, 0.2) is 0 Å². The van der Waals surface area contributed by atoms with Gasteiger partial charge in [0.1, 0.15) is 0 Å². The Labute approximate surface area is 93.5 Å². The average molecular weight is 254 g/mol. The maximum atomic E-state index is 11.8. The monoisotopic (exact) mass is 254 g/mol. The van der Waals surface area contributed by atoms with Crippen LogP contribution in [0.1, 0.15) is 13.3 Å². The van der Waals surface area contributed by atoms with Gasteiger partial charge in [0.2, 0.25) is 10.0 Å². The minimum atomic E-state index is -3.25. The van der Waals surface area contributed by atoms with Crippen molar-refractivity contribution < 1.29 is 12.6 Å². The van der Waals surface area contributed by atoms with E-state index in [2.05, 4.69) is 10.0 Å². The van der Waals surface area contributed by atoms with Gasteiger partial charge in [-0.2, -0.15) is 0 Å². The van der Waals surface area contributed by atoms with Crippen molar-refractivity contribution in [3.63, 3.8) is 0 Å². The van der Waals surface area contributed by atoms with Crippen LogP contribution in [0.3, 0.4) is 0 Å². The molecule has 1 heterocycles. The minimum Gasteiger partial charge on any atom is -0.315 e. The molecule has 1 aliphatic rings. The zero-order valence-electron chi connectivity index (χ0n) is 9.02. The van der Waals surface area contributed by atoms with Crippen LogP contribution in [0.4, 0.5) is 0 Å². The lowest BCUT2D eigenvalue weighted by atomic mass is 10.4. The molecule has 1 fully saturated rings. The van der Waals surface area contributed by atoms with Crippen LogP contribution >= 0.6 is 0 Å². The van der Waals surface area contributed by atoms with Gasteiger partial charge in [-0.15, -0.1) is 0 Å². The predicted octanol–water partition coefficient (Wildman–Crippen LogP) is -0.965. The maximum Gasteiger partial charge on any atom is 0.216 e. The SMILES string of the molecule is CC(CS(C)=O)NS(=O)(=O)C1CCNC1. The molecule has 0 aromatic heterocycles. The highest BCUT2D eigenvalue weighted by molar-refractivity contribution is 7.90. The summed E-state index contributed by atoms with van der Waals surface area (Å²) in [5.41, 5.74) is 0. The van der Waals surface area contributed by atoms with Crippen LogP contribution in [0.2, 0.25) is 0 Å². The molecule has 0 spiro atoms. The van der Waals surface area contributed by atoms with E-state index < -0.39 is 20.8 Å². The van der Waals surface area contributed by atoms with Gasteiger partial charge in [0.25, 0.3) is 0 Å². The molecule has 0 radical (unpaired) electrons. The van der Waals surface area contributed by atoms with Gasteiger partial charge in [-0.25, -0.2) is 13.1 Å². The summed E-state index contributed by atoms with van der Waals surface area (Å²) in [4.78, 5) is 0. The van der Waals surface area contributed by atoms with E-state index in [1.807, 2.05) is 0 Å². The lowest BCUT2D eigenvalue weighted by Crippen LogP contribution is -2.42. The van der Waals surface area contributed by atoms with Gasteiger partial charge in [-0.1, -0.05) is 0 Å². The normalized spacial score (nSPS) is 26.4. The molecule has 1 saturated heterocycles. The van der Waals surface area contributed by atoms with Gasteiger partial charge in [0.15, 0.2) is 0 Å². The summed E-state index contributed by atoms with van der Waals surface area (Å²) < 4.78 is 37.0. The van der Waals surface area contributed by atoms with Crippen LogP contribution in [-0.2, 0) is 20.8 Å². The van der Waals surface area contributed by atoms with Crippen molar-refractivity contribution in [1.82, 2.24) is 10.0 Å². The van der Waals surface area contributed by atoms with E-state index in [1.54, 1.807) is 13.2 Å². The number of hydrogen-bond acceptors (Lipinski definition) is 4. The molecular weight excluding hydrogens is 236 g/mol. The van der Waals surface area contributed by atoms with Crippen LogP contribution in [0.25, 0.3) is 0 Å². The van der Waals surface area contributed by atoms with E-state index in [0.29, 0.717) is 18.7 Å².